The van der Waals surface area contributed by atoms with Crippen molar-refractivity contribution in [3.05, 3.63) is 233 Å². The van der Waals surface area contributed by atoms with E-state index in [0.717, 1.165) is 51.3 Å². The molecule has 2 aliphatic carbocycles. The SMILES string of the molecule is [2H]c1c([2H])c2c(c([2H])c1-c1cc3c4c(c1)n(-c1cccc(Oc5ccc6c7ccccc7n(-c7cc(C(C)(C)C)ccn7)c6c5)c1)[c-][n+]4-c1c(cc(C(C)(C)C)cc1-c1c(C([2H])([2H])[2H])cccc1C([2H])([2H])[2H])-c1cc4c(cc1-c1ccccc1-3)C(C)(C)CCC4(C)C)C(C([2H])([2H])[2H])(C([2H])([2H])[2H])C([2H])([2H])C([2H])([2H])C2(C([2H])([2H])[2H])C([2H])([2H])[2H]. The van der Waals surface area contributed by atoms with Crippen LogP contribution < -0.4 is 9.30 Å². The predicted molar refractivity (Wildman–Crippen MR) is 380 cm³/mol. The molecule has 0 atom stereocenters. The number of fused-ring (bicyclic) bond motifs is 12. The molecule has 0 unspecified atom stereocenters. The van der Waals surface area contributed by atoms with Gasteiger partial charge in [-0.15, -0.1) is 0 Å². The Morgan fingerprint density at radius 2 is 1.16 bits per heavy atom. The molecule has 0 fully saturated rings. The minimum absolute atomic E-state index is 0.0665. The van der Waals surface area contributed by atoms with E-state index in [1.54, 1.807) is 51.7 Å². The van der Waals surface area contributed by atoms with Crippen molar-refractivity contribution < 1.29 is 43.6 Å². The molecule has 9 aromatic carbocycles. The summed E-state index contributed by atoms with van der Waals surface area (Å²) in [6.45, 7) is -2.25. The number of aromatic nitrogens is 4. The van der Waals surface area contributed by atoms with Gasteiger partial charge in [0.15, 0.2) is 0 Å². The van der Waals surface area contributed by atoms with Gasteiger partial charge in [-0.25, -0.2) is 4.98 Å². The van der Waals surface area contributed by atoms with Crippen LogP contribution in [0, 0.1) is 20.0 Å². The zero-order valence-electron chi connectivity index (χ0n) is 77.7. The third-order valence-electron chi connectivity index (χ3n) is 19.2. The van der Waals surface area contributed by atoms with Gasteiger partial charge >= 0.3 is 0 Å². The maximum atomic E-state index is 10.6. The minimum atomic E-state index is -4.62. The summed E-state index contributed by atoms with van der Waals surface area (Å²) >= 11 is 0. The average molecular weight is 1220 g/mol. The zero-order valence-corrected chi connectivity index (χ0v) is 52.7. The number of nitrogens with zero attached hydrogens (tertiary/aromatic N) is 4. The number of hydrogen-bond acceptors (Lipinski definition) is 2. The van der Waals surface area contributed by atoms with Crippen LogP contribution in [0.4, 0.5) is 0 Å². The van der Waals surface area contributed by atoms with Crippen molar-refractivity contribution in [2.75, 3.05) is 0 Å². The Balaban J connectivity index is 1.14. The third kappa shape index (κ3) is 9.53. The Morgan fingerprint density at radius 1 is 0.527 bits per heavy atom. The van der Waals surface area contributed by atoms with Crippen molar-refractivity contribution in [3.8, 4) is 84.3 Å². The van der Waals surface area contributed by atoms with E-state index in [1.807, 2.05) is 93.6 Å². The summed E-state index contributed by atoms with van der Waals surface area (Å²) in [6, 6.07) is 42.9. The largest absolute Gasteiger partial charge is 0.458 e. The van der Waals surface area contributed by atoms with Gasteiger partial charge < -0.3 is 4.74 Å². The lowest BCUT2D eigenvalue weighted by Crippen LogP contribution is -2.34. The molecule has 0 saturated carbocycles. The summed E-state index contributed by atoms with van der Waals surface area (Å²) in [6.07, 6.45) is -2.20. The molecule has 3 aromatic heterocycles. The Bertz CT molecular complexity index is 6060. The molecular formula is C86H86N4O. The highest BCUT2D eigenvalue weighted by Gasteiger charge is 2.41. The third-order valence-corrected chi connectivity index (χ3v) is 19.2. The van der Waals surface area contributed by atoms with Crippen LogP contribution in [0.2, 0.25) is 0 Å². The minimum Gasteiger partial charge on any atom is -0.458 e. The van der Waals surface area contributed by atoms with Crippen LogP contribution in [-0.2, 0) is 32.5 Å². The molecule has 15 rings (SSSR count). The fraction of sp³-hybridized carbons (Fsp3) is 0.302. The fourth-order valence-electron chi connectivity index (χ4n) is 14.0. The van der Waals surface area contributed by atoms with Gasteiger partial charge in [0.2, 0.25) is 0 Å². The van der Waals surface area contributed by atoms with Gasteiger partial charge in [-0.3, -0.25) is 13.7 Å². The Kier molecular flexibility index (Phi) is 8.25. The molecular weight excluding hydrogens is 1100 g/mol. The van der Waals surface area contributed by atoms with Gasteiger partial charge in [0.25, 0.3) is 6.33 Å². The molecule has 0 N–H and O–H groups in total. The Labute approximate surface area is 574 Å². The lowest BCUT2D eigenvalue weighted by Gasteiger charge is -2.42. The highest BCUT2D eigenvalue weighted by atomic mass is 16.5. The van der Waals surface area contributed by atoms with E-state index in [1.165, 1.54) is 30.3 Å². The van der Waals surface area contributed by atoms with Crippen molar-refractivity contribution in [3.63, 3.8) is 0 Å². The first-order valence-electron chi connectivity index (χ1n) is 43.5. The van der Waals surface area contributed by atoms with E-state index in [4.69, 9.17) is 17.9 Å². The molecule has 1 aliphatic heterocycles. The molecule has 0 saturated heterocycles. The average Bonchev–Trinajstić information content (AvgIpc) is 0.733. The number of ether oxygens (including phenoxy) is 1. The van der Waals surface area contributed by atoms with Crippen LogP contribution in [0.3, 0.4) is 0 Å². The van der Waals surface area contributed by atoms with E-state index in [9.17, 15) is 26.0 Å². The molecule has 0 spiro atoms. The lowest BCUT2D eigenvalue weighted by molar-refractivity contribution is -0.570. The first kappa shape index (κ1) is 36.9. The van der Waals surface area contributed by atoms with E-state index >= 15 is 0 Å². The van der Waals surface area contributed by atoms with Crippen LogP contribution in [0.25, 0.3) is 106 Å². The normalized spacial score (nSPS) is 22.1. The first-order chi connectivity index (χ1) is 53.4. The smallest absolute Gasteiger partial charge is 0.269 e. The molecule has 12 aromatic rings. The molecule has 91 heavy (non-hydrogen) atoms. The summed E-state index contributed by atoms with van der Waals surface area (Å²) in [5.74, 6) is 1.30. The molecule has 5 nitrogen and oxygen atoms in total. The van der Waals surface area contributed by atoms with Crippen molar-refractivity contribution in [1.82, 2.24) is 14.1 Å². The number of imidazole rings is 1. The van der Waals surface area contributed by atoms with Crippen LogP contribution in [0.1, 0.15) is 201 Å². The van der Waals surface area contributed by atoms with Crippen LogP contribution in [0.5, 0.6) is 11.5 Å². The summed E-state index contributed by atoms with van der Waals surface area (Å²) in [7, 11) is 0. The van der Waals surface area contributed by atoms with Gasteiger partial charge in [-0.05, 0) is 233 Å². The van der Waals surface area contributed by atoms with Crippen molar-refractivity contribution in [2.24, 2.45) is 0 Å². The van der Waals surface area contributed by atoms with Gasteiger partial charge in [-0.2, -0.15) is 0 Å². The molecule has 0 bridgehead atoms. The van der Waals surface area contributed by atoms with E-state index in [-0.39, 0.29) is 67.0 Å². The fourth-order valence-corrected chi connectivity index (χ4v) is 14.0. The lowest BCUT2D eigenvalue weighted by atomic mass is 9.62. The van der Waals surface area contributed by atoms with Crippen molar-refractivity contribution in [1.29, 1.82) is 0 Å². The molecule has 5 heteroatoms. The number of pyridine rings is 1. The summed E-state index contributed by atoms with van der Waals surface area (Å²) in [5, 5.41) is 1.86. The van der Waals surface area contributed by atoms with E-state index < -0.39 is 116 Å². The van der Waals surface area contributed by atoms with Crippen LogP contribution in [-0.4, -0.2) is 14.1 Å². The highest BCUT2D eigenvalue weighted by molar-refractivity contribution is 6.10. The van der Waals surface area contributed by atoms with Gasteiger partial charge in [0, 0.05) is 53.2 Å². The predicted octanol–water partition coefficient (Wildman–Crippen LogP) is 22.6. The number of hydrogen-bond donors (Lipinski definition) is 0. The second kappa shape index (κ2) is 20.4. The van der Waals surface area contributed by atoms with Gasteiger partial charge in [0.1, 0.15) is 17.3 Å². The molecule has 456 valence electrons. The topological polar surface area (TPSA) is 35.9 Å². The number of para-hydroxylation sites is 1. The Hall–Kier alpha value is -8.80. The van der Waals surface area contributed by atoms with Crippen LogP contribution >= 0.6 is 0 Å². The maximum absolute atomic E-state index is 10.6. The Morgan fingerprint density at radius 3 is 1.87 bits per heavy atom. The molecule has 3 aliphatic rings. The van der Waals surface area contributed by atoms with Crippen LogP contribution in [0.15, 0.2) is 182 Å². The second-order valence-corrected chi connectivity index (χ2v) is 28.4. The molecule has 0 amide bonds. The number of aryl methyl sites for hydroxylation is 2. The van der Waals surface area contributed by atoms with E-state index in [0.29, 0.717) is 44.9 Å². The summed E-state index contributed by atoms with van der Waals surface area (Å²) < 4.78 is 248. The number of benzene rings is 9. The summed E-state index contributed by atoms with van der Waals surface area (Å²) in [4.78, 5) is 4.89. The van der Waals surface area contributed by atoms with Crippen molar-refractivity contribution >= 4 is 32.8 Å². The zero-order chi connectivity index (χ0) is 84.8. The monoisotopic (exact) mass is 1220 g/mol. The number of rotatable bonds is 6. The van der Waals surface area contributed by atoms with E-state index in [2.05, 4.69) is 77.6 Å². The maximum Gasteiger partial charge on any atom is 0.269 e. The van der Waals surface area contributed by atoms with Gasteiger partial charge in [-0.1, -0.05) is 206 Å². The summed E-state index contributed by atoms with van der Waals surface area (Å²) in [5.41, 5.74) is -6.73. The second-order valence-electron chi connectivity index (χ2n) is 28.4. The quantitative estimate of drug-likeness (QED) is 0.123. The molecule has 0 radical (unpaired) electrons. The molecule has 4 heterocycles. The standard InChI is InChI=1S/C86H86N4O/c1-52-23-21-24-53(2)78(52)69-45-57(82(6,7)8)44-68-66-50-73-72(85(13,14)38-39-86(73,15)16)49-65(66)61-27-17-18-28-62(61)67-41-55(54-31-34-70-71(42-54)84(11,12)37-36-83(70,9)10)43-76-80(67)89(79(68)69)51-88(76)58-25-22-26-59(47-58)91-60-32-33-64-63-29-19-20-30-74(63)90(75(64)48-60)77-46-56(35-40-87-77)81(3,4)5/h17-35,40-50H,36-39H2,1-16H3/i1D3,2D3,9D3,10D3,11D3,12D3,31D,34D,36D2,37D2,42D. The van der Waals surface area contributed by atoms with Crippen molar-refractivity contribution in [2.45, 2.75) is 168 Å². The van der Waals surface area contributed by atoms with Gasteiger partial charge in [0.05, 0.1) is 37.6 Å². The highest BCUT2D eigenvalue weighted by Crippen LogP contribution is 2.55. The first-order valence-corrected chi connectivity index (χ1v) is 31.0.